The topological polar surface area (TPSA) is 105 Å². The van der Waals surface area contributed by atoms with E-state index in [0.29, 0.717) is 41.1 Å². The van der Waals surface area contributed by atoms with Crippen LogP contribution in [0, 0.1) is 0 Å². The fourth-order valence-electron chi connectivity index (χ4n) is 4.05. The summed E-state index contributed by atoms with van der Waals surface area (Å²) in [4.78, 5) is 35.8. The lowest BCUT2D eigenvalue weighted by atomic mass is 10.1. The number of carbonyl (C=O) groups is 2. The van der Waals surface area contributed by atoms with Crippen molar-refractivity contribution in [3.8, 4) is 5.88 Å². The molecule has 3 heterocycles. The van der Waals surface area contributed by atoms with E-state index in [0.717, 1.165) is 25.2 Å². The first-order valence-corrected chi connectivity index (χ1v) is 12.7. The van der Waals surface area contributed by atoms with Gasteiger partial charge in [0.1, 0.15) is 12.1 Å². The number of nitrogens with one attached hydrogen (secondary N) is 2. The van der Waals surface area contributed by atoms with Crippen LogP contribution < -0.4 is 15.5 Å². The SMILES string of the molecule is C=C/C(=C\C=C(/C)NC(=O)Cc1ccc(C(F)(F)F)cc1)Oc1ncnc2c1ccn2C(=O)NN1CCN(C)CC1. The van der Waals surface area contributed by atoms with Gasteiger partial charge in [0.05, 0.1) is 17.4 Å². The van der Waals surface area contributed by atoms with Crippen molar-refractivity contribution >= 4 is 23.0 Å². The standard InChI is InChI=1S/C28H30F3N7O3/c1-4-22(10-5-19(2)34-24(39)17-20-6-8-21(9-7-20)28(29,30)31)41-26-23-11-12-38(25(23)32-18-33-26)27(40)35-37-15-13-36(3)14-16-37/h4-12,18H,1,13-17H2,2-3H3,(H,34,39)(H,35,40)/b19-5+,22-10+. The molecule has 0 atom stereocenters. The molecule has 0 spiro atoms. The summed E-state index contributed by atoms with van der Waals surface area (Å²) in [6, 6.07) is 5.77. The van der Waals surface area contributed by atoms with Gasteiger partial charge in [0.2, 0.25) is 11.8 Å². The van der Waals surface area contributed by atoms with Crippen LogP contribution in [0.4, 0.5) is 18.0 Å². The monoisotopic (exact) mass is 569 g/mol. The number of amides is 2. The maximum atomic E-state index is 12.9. The average molecular weight is 570 g/mol. The van der Waals surface area contributed by atoms with Crippen molar-refractivity contribution in [2.75, 3.05) is 33.2 Å². The second-order valence-electron chi connectivity index (χ2n) is 9.45. The number of piperazine rings is 1. The molecule has 2 amide bonds. The molecular formula is C28H30F3N7O3. The van der Waals surface area contributed by atoms with Crippen LogP contribution in [0.2, 0.25) is 0 Å². The van der Waals surface area contributed by atoms with Crippen LogP contribution >= 0.6 is 0 Å². The summed E-state index contributed by atoms with van der Waals surface area (Å²) in [5.41, 5.74) is 3.41. The third-order valence-corrected chi connectivity index (χ3v) is 6.32. The zero-order valence-corrected chi connectivity index (χ0v) is 22.6. The minimum Gasteiger partial charge on any atom is -0.438 e. The van der Waals surface area contributed by atoms with Crippen LogP contribution in [0.15, 0.2) is 79.1 Å². The normalized spacial score (nSPS) is 15.5. The first-order valence-electron chi connectivity index (χ1n) is 12.7. The number of hydrogen-bond donors (Lipinski definition) is 2. The van der Waals surface area contributed by atoms with E-state index in [1.807, 2.05) is 12.1 Å². The predicted octanol–water partition coefficient (Wildman–Crippen LogP) is 3.88. The first kappa shape index (κ1) is 29.5. The van der Waals surface area contributed by atoms with Gasteiger partial charge in [0.25, 0.3) is 0 Å². The summed E-state index contributed by atoms with van der Waals surface area (Å²) in [7, 11) is 2.03. The van der Waals surface area contributed by atoms with E-state index >= 15 is 0 Å². The van der Waals surface area contributed by atoms with Gasteiger partial charge in [0, 0.05) is 38.1 Å². The highest BCUT2D eigenvalue weighted by atomic mass is 19.4. The number of nitrogens with zero attached hydrogens (tertiary/aromatic N) is 5. The molecule has 10 nitrogen and oxygen atoms in total. The molecule has 3 aromatic rings. The van der Waals surface area contributed by atoms with E-state index in [1.54, 1.807) is 31.3 Å². The molecule has 2 N–H and O–H groups in total. The Kier molecular flexibility index (Phi) is 9.20. The smallest absolute Gasteiger partial charge is 0.416 e. The lowest BCUT2D eigenvalue weighted by molar-refractivity contribution is -0.137. The van der Waals surface area contributed by atoms with E-state index in [1.165, 1.54) is 29.1 Å². The Morgan fingerprint density at radius 2 is 1.78 bits per heavy atom. The number of ether oxygens (including phenoxy) is 1. The highest BCUT2D eigenvalue weighted by Crippen LogP contribution is 2.29. The third kappa shape index (κ3) is 7.80. The minimum atomic E-state index is -4.43. The van der Waals surface area contributed by atoms with Gasteiger partial charge in [-0.15, -0.1) is 0 Å². The zero-order valence-electron chi connectivity index (χ0n) is 22.6. The molecule has 1 aliphatic heterocycles. The molecule has 1 fully saturated rings. The lowest BCUT2D eigenvalue weighted by Gasteiger charge is -2.32. The number of rotatable bonds is 8. The van der Waals surface area contributed by atoms with E-state index in [4.69, 9.17) is 4.74 Å². The minimum absolute atomic E-state index is 0.0872. The summed E-state index contributed by atoms with van der Waals surface area (Å²) in [5.74, 6) is 0.141. The second-order valence-corrected chi connectivity index (χ2v) is 9.45. The number of carbonyl (C=O) groups excluding carboxylic acids is 2. The van der Waals surface area contributed by atoms with Gasteiger partial charge in [-0.05, 0) is 56.0 Å². The molecule has 41 heavy (non-hydrogen) atoms. The molecular weight excluding hydrogens is 539 g/mol. The number of hydrogen-bond acceptors (Lipinski definition) is 7. The van der Waals surface area contributed by atoms with Crippen molar-refractivity contribution in [3.05, 3.63) is 90.2 Å². The van der Waals surface area contributed by atoms with Gasteiger partial charge in [0.15, 0.2) is 5.65 Å². The van der Waals surface area contributed by atoms with Crippen molar-refractivity contribution < 1.29 is 27.5 Å². The number of benzene rings is 1. The third-order valence-electron chi connectivity index (χ3n) is 6.32. The molecule has 4 rings (SSSR count). The molecule has 0 bridgehead atoms. The zero-order chi connectivity index (χ0) is 29.6. The Morgan fingerprint density at radius 1 is 1.07 bits per heavy atom. The molecule has 1 aromatic carbocycles. The number of aromatic nitrogens is 3. The molecule has 0 radical (unpaired) electrons. The van der Waals surface area contributed by atoms with Crippen LogP contribution in [-0.2, 0) is 17.4 Å². The summed E-state index contributed by atoms with van der Waals surface area (Å²) in [6.45, 7) is 8.52. The van der Waals surface area contributed by atoms with Crippen molar-refractivity contribution in [2.24, 2.45) is 0 Å². The van der Waals surface area contributed by atoms with Crippen LogP contribution in [-0.4, -0.2) is 69.6 Å². The highest BCUT2D eigenvalue weighted by molar-refractivity contribution is 5.91. The number of hydrazine groups is 1. The number of halogens is 3. The largest absolute Gasteiger partial charge is 0.438 e. The molecule has 13 heteroatoms. The first-order chi connectivity index (χ1) is 19.5. The molecule has 216 valence electrons. The van der Waals surface area contributed by atoms with Crippen LogP contribution in [0.25, 0.3) is 11.0 Å². The number of fused-ring (bicyclic) bond motifs is 1. The molecule has 0 saturated carbocycles. The maximum absolute atomic E-state index is 12.9. The van der Waals surface area contributed by atoms with Crippen molar-refractivity contribution in [1.82, 2.24) is 35.2 Å². The summed E-state index contributed by atoms with van der Waals surface area (Å²) >= 11 is 0. The average Bonchev–Trinajstić information content (AvgIpc) is 3.37. The number of alkyl halides is 3. The highest BCUT2D eigenvalue weighted by Gasteiger charge is 2.30. The van der Waals surface area contributed by atoms with Crippen molar-refractivity contribution in [3.63, 3.8) is 0 Å². The van der Waals surface area contributed by atoms with Crippen LogP contribution in [0.5, 0.6) is 5.88 Å². The van der Waals surface area contributed by atoms with E-state index in [2.05, 4.69) is 32.2 Å². The van der Waals surface area contributed by atoms with Crippen molar-refractivity contribution in [1.29, 1.82) is 0 Å². The molecule has 0 unspecified atom stereocenters. The molecule has 1 aliphatic rings. The molecule has 0 aliphatic carbocycles. The molecule has 1 saturated heterocycles. The Morgan fingerprint density at radius 3 is 2.44 bits per heavy atom. The summed E-state index contributed by atoms with van der Waals surface area (Å²) in [6.07, 6.45) is 2.99. The molecule has 2 aromatic heterocycles. The van der Waals surface area contributed by atoms with Gasteiger partial charge in [-0.3, -0.25) is 14.8 Å². The van der Waals surface area contributed by atoms with Crippen LogP contribution in [0.1, 0.15) is 18.1 Å². The van der Waals surface area contributed by atoms with Gasteiger partial charge in [-0.1, -0.05) is 18.7 Å². The summed E-state index contributed by atoms with van der Waals surface area (Å²) in [5, 5.41) is 5.06. The van der Waals surface area contributed by atoms with E-state index in [-0.39, 0.29) is 24.2 Å². The lowest BCUT2D eigenvalue weighted by Crippen LogP contribution is -2.53. The number of allylic oxidation sites excluding steroid dienone is 4. The predicted molar refractivity (Wildman–Crippen MR) is 146 cm³/mol. The number of likely N-dealkylation sites (N-methyl/N-ethyl adjacent to an activating group) is 1. The van der Waals surface area contributed by atoms with Gasteiger partial charge in [-0.25, -0.2) is 19.8 Å². The van der Waals surface area contributed by atoms with E-state index < -0.39 is 11.7 Å². The second kappa shape index (κ2) is 12.8. The van der Waals surface area contributed by atoms with E-state index in [9.17, 15) is 22.8 Å². The van der Waals surface area contributed by atoms with Gasteiger partial charge < -0.3 is 15.0 Å². The Hall–Kier alpha value is -4.49. The van der Waals surface area contributed by atoms with Gasteiger partial charge >= 0.3 is 12.2 Å². The fourth-order valence-corrected chi connectivity index (χ4v) is 4.05. The van der Waals surface area contributed by atoms with Gasteiger partial charge in [-0.2, -0.15) is 13.2 Å². The maximum Gasteiger partial charge on any atom is 0.416 e. The Labute approximate surface area is 234 Å². The quantitative estimate of drug-likeness (QED) is 0.314. The Bertz CT molecular complexity index is 1470. The fraction of sp³-hybridized carbons (Fsp3) is 0.286. The van der Waals surface area contributed by atoms with Crippen LogP contribution in [0.3, 0.4) is 0 Å². The van der Waals surface area contributed by atoms with Crippen molar-refractivity contribution in [2.45, 2.75) is 19.5 Å². The summed E-state index contributed by atoms with van der Waals surface area (Å²) < 4.78 is 45.5. The Balaban J connectivity index is 1.39.